The number of hydrogen-bond donors (Lipinski definition) is 2. The van der Waals surface area contributed by atoms with Crippen molar-refractivity contribution >= 4 is 33.5 Å². The van der Waals surface area contributed by atoms with Crippen LogP contribution in [0.5, 0.6) is 5.75 Å². The minimum Gasteiger partial charge on any atom is -0.478 e. The van der Waals surface area contributed by atoms with Crippen molar-refractivity contribution in [3.05, 3.63) is 58.1 Å². The highest BCUT2D eigenvalue weighted by Crippen LogP contribution is 2.34. The van der Waals surface area contributed by atoms with Crippen LogP contribution in [0.3, 0.4) is 0 Å². The van der Waals surface area contributed by atoms with Gasteiger partial charge in [0.25, 0.3) is 0 Å². The van der Waals surface area contributed by atoms with Gasteiger partial charge in [-0.05, 0) is 74.9 Å². The highest BCUT2D eigenvalue weighted by molar-refractivity contribution is 9.10. The highest BCUT2D eigenvalue weighted by Gasteiger charge is 2.29. The third kappa shape index (κ3) is 7.72. The normalized spacial score (nSPS) is 14.9. The summed E-state index contributed by atoms with van der Waals surface area (Å²) >= 11 is 3.63. The molecule has 0 aromatic heterocycles. The van der Waals surface area contributed by atoms with Gasteiger partial charge in [-0.3, -0.25) is 4.79 Å². The summed E-state index contributed by atoms with van der Waals surface area (Å²) in [5.41, 5.74) is 1.92. The average molecular weight is 546 g/mol. The van der Waals surface area contributed by atoms with Crippen molar-refractivity contribution in [2.24, 2.45) is 0 Å². The van der Waals surface area contributed by atoms with Gasteiger partial charge in [0.1, 0.15) is 5.75 Å². The molecule has 1 atom stereocenters. The summed E-state index contributed by atoms with van der Waals surface area (Å²) in [6.07, 6.45) is 6.90. The second-order valence-electron chi connectivity index (χ2n) is 9.75. The molecule has 0 spiro atoms. The molecule has 35 heavy (non-hydrogen) atoms. The molecule has 1 fully saturated rings. The summed E-state index contributed by atoms with van der Waals surface area (Å²) in [5.74, 6) is -0.600. The number of nitrogens with zero attached hydrogens (tertiary/aromatic N) is 1. The van der Waals surface area contributed by atoms with E-state index in [1.165, 1.54) is 44.4 Å². The molecule has 0 radical (unpaired) electrons. The van der Waals surface area contributed by atoms with Gasteiger partial charge in [0.2, 0.25) is 5.91 Å². The number of ether oxygens (including phenoxy) is 1. The molecule has 2 N–H and O–H groups in total. The molecule has 1 amide bonds. The molecule has 3 rings (SSSR count). The van der Waals surface area contributed by atoms with Crippen molar-refractivity contribution in [1.82, 2.24) is 5.32 Å². The number of amides is 1. The topological polar surface area (TPSA) is 78.9 Å². The Hall–Kier alpha value is -2.54. The fourth-order valence-corrected chi connectivity index (χ4v) is 4.73. The van der Waals surface area contributed by atoms with Crippen LogP contribution in [0.2, 0.25) is 0 Å². The van der Waals surface area contributed by atoms with Crippen LogP contribution in [0.15, 0.2) is 46.9 Å². The van der Waals surface area contributed by atoms with E-state index in [1.807, 2.05) is 12.1 Å². The molecule has 1 heterocycles. The zero-order valence-corrected chi connectivity index (χ0v) is 22.6. The lowest BCUT2D eigenvalue weighted by molar-refractivity contribution is -0.152. The van der Waals surface area contributed by atoms with Crippen LogP contribution in [-0.4, -0.2) is 35.7 Å². The molecule has 1 saturated heterocycles. The Balaban J connectivity index is 1.72. The van der Waals surface area contributed by atoms with Gasteiger partial charge in [-0.15, -0.1) is 0 Å². The summed E-state index contributed by atoms with van der Waals surface area (Å²) in [6, 6.07) is 13.4. The first-order valence-electron chi connectivity index (χ1n) is 12.5. The van der Waals surface area contributed by atoms with Crippen LogP contribution >= 0.6 is 15.9 Å². The summed E-state index contributed by atoms with van der Waals surface area (Å²) in [4.78, 5) is 26.8. The molecule has 6 nitrogen and oxygen atoms in total. The number of hydrogen-bond acceptors (Lipinski definition) is 4. The van der Waals surface area contributed by atoms with Crippen molar-refractivity contribution in [1.29, 1.82) is 0 Å². The van der Waals surface area contributed by atoms with E-state index in [2.05, 4.69) is 51.3 Å². The van der Waals surface area contributed by atoms with Crippen LogP contribution in [0.25, 0.3) is 0 Å². The summed E-state index contributed by atoms with van der Waals surface area (Å²) < 4.78 is 6.61. The van der Waals surface area contributed by atoms with Crippen molar-refractivity contribution in [3.63, 3.8) is 0 Å². The Bertz CT molecular complexity index is 1000. The first-order chi connectivity index (χ1) is 16.7. The molecule has 1 unspecified atom stereocenters. The minimum absolute atomic E-state index is 0.0295. The van der Waals surface area contributed by atoms with E-state index < -0.39 is 11.6 Å². The summed E-state index contributed by atoms with van der Waals surface area (Å²) in [7, 11) is 0. The van der Waals surface area contributed by atoms with E-state index in [0.29, 0.717) is 5.75 Å². The number of aliphatic carboxylic acids is 1. The van der Waals surface area contributed by atoms with Gasteiger partial charge in [-0.25, -0.2) is 4.79 Å². The summed E-state index contributed by atoms with van der Waals surface area (Å²) in [6.45, 7) is 7.28. The third-order valence-corrected chi connectivity index (χ3v) is 6.92. The molecule has 0 aliphatic carbocycles. The van der Waals surface area contributed by atoms with Gasteiger partial charge in [-0.2, -0.15) is 0 Å². The second-order valence-corrected chi connectivity index (χ2v) is 10.7. The Labute approximate surface area is 217 Å². The lowest BCUT2D eigenvalue weighted by atomic mass is 9.97. The molecular weight excluding hydrogens is 508 g/mol. The number of halogens is 1. The standard InChI is InChI=1S/C28H37BrN2O4/c1-4-5-9-24(23-15-12-21(29)19-25(23)31-16-7-6-8-17-31)30-26(32)18-20-10-13-22(14-11-20)35-28(2,3)27(33)34/h10-15,19,24H,4-9,16-18H2,1-3H3,(H,30,32)(H,33,34). The van der Waals surface area contributed by atoms with Gasteiger partial charge >= 0.3 is 5.97 Å². The Kier molecular flexibility index (Phi) is 9.61. The van der Waals surface area contributed by atoms with Gasteiger partial charge in [0.05, 0.1) is 12.5 Å². The number of carbonyl (C=O) groups is 2. The van der Waals surface area contributed by atoms with Gasteiger partial charge in [-0.1, -0.05) is 53.9 Å². The average Bonchev–Trinajstić information content (AvgIpc) is 2.83. The second kappa shape index (κ2) is 12.4. The first kappa shape index (κ1) is 27.1. The maximum Gasteiger partial charge on any atom is 0.347 e. The van der Waals surface area contributed by atoms with E-state index in [0.717, 1.165) is 42.4 Å². The number of unbranched alkanes of at least 4 members (excludes halogenated alkanes) is 1. The maximum absolute atomic E-state index is 13.1. The molecule has 2 aromatic rings. The number of piperidine rings is 1. The molecule has 0 bridgehead atoms. The number of anilines is 1. The largest absolute Gasteiger partial charge is 0.478 e. The number of benzene rings is 2. The molecule has 1 aliphatic heterocycles. The summed E-state index contributed by atoms with van der Waals surface area (Å²) in [5, 5.41) is 12.5. The predicted octanol–water partition coefficient (Wildman–Crippen LogP) is 6.27. The maximum atomic E-state index is 13.1. The Morgan fingerprint density at radius 3 is 2.43 bits per heavy atom. The van der Waals surface area contributed by atoms with Crippen molar-refractivity contribution in [2.45, 2.75) is 77.4 Å². The number of nitrogens with one attached hydrogen (secondary N) is 1. The van der Waals surface area contributed by atoms with Crippen LogP contribution in [-0.2, 0) is 16.0 Å². The Morgan fingerprint density at radius 2 is 1.80 bits per heavy atom. The first-order valence-corrected chi connectivity index (χ1v) is 13.3. The van der Waals surface area contributed by atoms with Crippen molar-refractivity contribution in [3.8, 4) is 5.75 Å². The monoisotopic (exact) mass is 544 g/mol. The van der Waals surface area contributed by atoms with E-state index in [-0.39, 0.29) is 18.4 Å². The number of rotatable bonds is 11. The number of carbonyl (C=O) groups excluding carboxylic acids is 1. The zero-order chi connectivity index (χ0) is 25.4. The van der Waals surface area contributed by atoms with Gasteiger partial charge in [0, 0.05) is 23.2 Å². The predicted molar refractivity (Wildman–Crippen MR) is 143 cm³/mol. The SMILES string of the molecule is CCCCC(NC(=O)Cc1ccc(OC(C)(C)C(=O)O)cc1)c1ccc(Br)cc1N1CCCCC1. The molecule has 1 aliphatic rings. The van der Waals surface area contributed by atoms with E-state index in [1.54, 1.807) is 12.1 Å². The molecule has 2 aromatic carbocycles. The van der Waals surface area contributed by atoms with Crippen molar-refractivity contribution < 1.29 is 19.4 Å². The van der Waals surface area contributed by atoms with E-state index in [4.69, 9.17) is 4.74 Å². The lowest BCUT2D eigenvalue weighted by Gasteiger charge is -2.33. The highest BCUT2D eigenvalue weighted by atomic mass is 79.9. The minimum atomic E-state index is -1.32. The molecule has 0 saturated carbocycles. The van der Waals surface area contributed by atoms with Gasteiger partial charge < -0.3 is 20.1 Å². The number of carboxylic acid groups (broad SMARTS) is 1. The smallest absolute Gasteiger partial charge is 0.347 e. The van der Waals surface area contributed by atoms with Crippen LogP contribution < -0.4 is 15.0 Å². The van der Waals surface area contributed by atoms with Crippen molar-refractivity contribution in [2.75, 3.05) is 18.0 Å². The Morgan fingerprint density at radius 1 is 1.11 bits per heavy atom. The number of carboxylic acids is 1. The van der Waals surface area contributed by atoms with E-state index >= 15 is 0 Å². The molecular formula is C28H37BrN2O4. The molecule has 7 heteroatoms. The molecule has 190 valence electrons. The zero-order valence-electron chi connectivity index (χ0n) is 21.0. The van der Waals surface area contributed by atoms with Crippen LogP contribution in [0, 0.1) is 0 Å². The lowest BCUT2D eigenvalue weighted by Crippen LogP contribution is -2.37. The van der Waals surface area contributed by atoms with Crippen LogP contribution in [0.4, 0.5) is 5.69 Å². The quantitative estimate of drug-likeness (QED) is 0.348. The fraction of sp³-hybridized carbons (Fsp3) is 0.500. The van der Waals surface area contributed by atoms with Crippen LogP contribution in [0.1, 0.15) is 76.5 Å². The van der Waals surface area contributed by atoms with E-state index in [9.17, 15) is 14.7 Å². The third-order valence-electron chi connectivity index (χ3n) is 6.42. The van der Waals surface area contributed by atoms with Gasteiger partial charge in [0.15, 0.2) is 5.60 Å². The fourth-order valence-electron chi connectivity index (χ4n) is 4.38.